The Balaban J connectivity index is 1.63. The lowest BCUT2D eigenvalue weighted by atomic mass is 10.0. The normalized spacial score (nSPS) is 12.1. The number of aromatic nitrogens is 3. The van der Waals surface area contributed by atoms with E-state index in [0.717, 1.165) is 16.0 Å². The van der Waals surface area contributed by atoms with Crippen LogP contribution in [-0.4, -0.2) is 27.2 Å². The molecule has 2 aromatic carbocycles. The van der Waals surface area contributed by atoms with Gasteiger partial charge in [-0.15, -0.1) is 0 Å². The Labute approximate surface area is 177 Å². The lowest BCUT2D eigenvalue weighted by molar-refractivity contribution is -0.144. The molecular weight excluding hydrogens is 398 g/mol. The highest BCUT2D eigenvalue weighted by Gasteiger charge is 2.22. The first-order chi connectivity index (χ1) is 14.6. The molecule has 2 heterocycles. The molecule has 30 heavy (non-hydrogen) atoms. The van der Waals surface area contributed by atoms with E-state index in [1.54, 1.807) is 31.8 Å². The summed E-state index contributed by atoms with van der Waals surface area (Å²) in [6.45, 7) is 3.65. The first-order valence-corrected chi connectivity index (χ1v) is 10.5. The van der Waals surface area contributed by atoms with Crippen molar-refractivity contribution in [2.24, 2.45) is 0 Å². The maximum atomic E-state index is 12.9. The van der Waals surface area contributed by atoms with Crippen molar-refractivity contribution >= 4 is 23.4 Å². The van der Waals surface area contributed by atoms with E-state index in [4.69, 9.17) is 4.74 Å². The number of hydrogen-bond acceptors (Lipinski definition) is 5. The van der Waals surface area contributed by atoms with Crippen LogP contribution in [0, 0.1) is 0 Å². The Morgan fingerprint density at radius 2 is 1.83 bits per heavy atom. The maximum Gasteiger partial charge on any atom is 0.313 e. The van der Waals surface area contributed by atoms with Crippen LogP contribution in [0.15, 0.2) is 81.6 Å². The largest absolute Gasteiger partial charge is 0.466 e. The van der Waals surface area contributed by atoms with Gasteiger partial charge in [0.2, 0.25) is 0 Å². The van der Waals surface area contributed by atoms with Crippen molar-refractivity contribution < 1.29 is 9.53 Å². The summed E-state index contributed by atoms with van der Waals surface area (Å²) in [4.78, 5) is 31.6. The number of aromatic amines is 1. The molecule has 2 aromatic heterocycles. The first-order valence-electron chi connectivity index (χ1n) is 9.67. The fourth-order valence-electron chi connectivity index (χ4n) is 3.20. The van der Waals surface area contributed by atoms with E-state index in [2.05, 4.69) is 22.2 Å². The van der Waals surface area contributed by atoms with Crippen molar-refractivity contribution in [3.8, 4) is 11.1 Å². The van der Waals surface area contributed by atoms with Gasteiger partial charge in [0, 0.05) is 27.7 Å². The number of nitrogens with one attached hydrogen (secondary N) is 1. The van der Waals surface area contributed by atoms with Gasteiger partial charge in [-0.25, -0.2) is 9.50 Å². The molecule has 0 saturated heterocycles. The molecule has 0 aliphatic carbocycles. The van der Waals surface area contributed by atoms with Crippen LogP contribution in [0.1, 0.15) is 25.3 Å². The standard InChI is InChI=1S/C23H21N3O3S/c1-3-29-23(28)15(2)19-13-24-21-20(14-25-26(21)22(19)27)16-9-11-18(12-10-16)30-17-7-5-4-6-8-17/h4-15,25H,3H2,1-2H3. The van der Waals surface area contributed by atoms with Crippen molar-refractivity contribution in [3.05, 3.63) is 82.9 Å². The van der Waals surface area contributed by atoms with Crippen molar-refractivity contribution in [1.29, 1.82) is 0 Å². The lowest BCUT2D eigenvalue weighted by Crippen LogP contribution is -2.25. The molecule has 0 radical (unpaired) electrons. The molecule has 4 rings (SSSR count). The van der Waals surface area contributed by atoms with Gasteiger partial charge in [-0.1, -0.05) is 42.1 Å². The molecule has 4 aromatic rings. The third-order valence-electron chi connectivity index (χ3n) is 4.82. The van der Waals surface area contributed by atoms with Gasteiger partial charge in [-0.05, 0) is 43.7 Å². The minimum Gasteiger partial charge on any atom is -0.466 e. The van der Waals surface area contributed by atoms with Crippen LogP contribution >= 0.6 is 11.8 Å². The second-order valence-electron chi connectivity index (χ2n) is 6.78. The zero-order chi connectivity index (χ0) is 21.1. The first kappa shape index (κ1) is 20.0. The van der Waals surface area contributed by atoms with Crippen LogP contribution in [0.3, 0.4) is 0 Å². The van der Waals surface area contributed by atoms with Gasteiger partial charge in [0.15, 0.2) is 5.65 Å². The Kier molecular flexibility index (Phi) is 5.72. The van der Waals surface area contributed by atoms with Gasteiger partial charge < -0.3 is 4.74 Å². The minimum atomic E-state index is -0.678. The summed E-state index contributed by atoms with van der Waals surface area (Å²) >= 11 is 1.69. The second kappa shape index (κ2) is 8.59. The zero-order valence-electron chi connectivity index (χ0n) is 16.7. The summed E-state index contributed by atoms with van der Waals surface area (Å²) < 4.78 is 6.39. The summed E-state index contributed by atoms with van der Waals surface area (Å²) in [7, 11) is 0. The van der Waals surface area contributed by atoms with Crippen LogP contribution in [0.25, 0.3) is 16.8 Å². The molecule has 1 unspecified atom stereocenters. The molecule has 0 aliphatic rings. The number of rotatable bonds is 6. The van der Waals surface area contributed by atoms with E-state index < -0.39 is 11.9 Å². The number of carbonyl (C=O) groups excluding carboxylic acids is 1. The SMILES string of the molecule is CCOC(=O)C(C)c1cnc2c(-c3ccc(Sc4ccccc4)cc3)c[nH]n2c1=O. The molecule has 0 saturated carbocycles. The van der Waals surface area contributed by atoms with Gasteiger partial charge in [-0.3, -0.25) is 14.7 Å². The number of nitrogens with zero attached hydrogens (tertiary/aromatic N) is 2. The van der Waals surface area contributed by atoms with Gasteiger partial charge in [-0.2, -0.15) is 0 Å². The number of carbonyl (C=O) groups is 1. The van der Waals surface area contributed by atoms with Crippen LogP contribution in [-0.2, 0) is 9.53 Å². The topological polar surface area (TPSA) is 76.5 Å². The van der Waals surface area contributed by atoms with Crippen LogP contribution < -0.4 is 5.56 Å². The summed E-state index contributed by atoms with van der Waals surface area (Å²) in [6, 6.07) is 18.3. The zero-order valence-corrected chi connectivity index (χ0v) is 17.5. The molecular formula is C23H21N3O3S. The quantitative estimate of drug-likeness (QED) is 0.466. The van der Waals surface area contributed by atoms with Gasteiger partial charge >= 0.3 is 5.97 Å². The molecule has 0 aliphatic heterocycles. The van der Waals surface area contributed by atoms with E-state index >= 15 is 0 Å². The fraction of sp³-hybridized carbons (Fsp3) is 0.174. The Morgan fingerprint density at radius 1 is 1.13 bits per heavy atom. The number of fused-ring (bicyclic) bond motifs is 1. The molecule has 1 atom stereocenters. The number of ether oxygens (including phenoxy) is 1. The highest BCUT2D eigenvalue weighted by Crippen LogP contribution is 2.30. The Morgan fingerprint density at radius 3 is 2.53 bits per heavy atom. The predicted octanol–water partition coefficient (Wildman–Crippen LogP) is 4.51. The lowest BCUT2D eigenvalue weighted by Gasteiger charge is -2.10. The third kappa shape index (κ3) is 3.89. The molecule has 0 amide bonds. The maximum absolute atomic E-state index is 12.9. The summed E-state index contributed by atoms with van der Waals surface area (Å²) in [5, 5.41) is 2.96. The molecule has 0 bridgehead atoms. The van der Waals surface area contributed by atoms with E-state index in [9.17, 15) is 9.59 Å². The third-order valence-corrected chi connectivity index (χ3v) is 5.83. The smallest absolute Gasteiger partial charge is 0.313 e. The van der Waals surface area contributed by atoms with Gasteiger partial charge in [0.25, 0.3) is 5.56 Å². The molecule has 6 nitrogen and oxygen atoms in total. The van der Waals surface area contributed by atoms with Crippen molar-refractivity contribution in [2.45, 2.75) is 29.6 Å². The average molecular weight is 420 g/mol. The highest BCUT2D eigenvalue weighted by atomic mass is 32.2. The number of H-pyrrole nitrogens is 1. The van der Waals surface area contributed by atoms with Crippen LogP contribution in [0.4, 0.5) is 0 Å². The van der Waals surface area contributed by atoms with Crippen LogP contribution in [0.2, 0.25) is 0 Å². The second-order valence-corrected chi connectivity index (χ2v) is 7.92. The molecule has 1 N–H and O–H groups in total. The minimum absolute atomic E-state index is 0.269. The van der Waals surface area contributed by atoms with Crippen molar-refractivity contribution in [2.75, 3.05) is 6.61 Å². The Bertz CT molecular complexity index is 1230. The van der Waals surface area contributed by atoms with E-state index in [1.165, 1.54) is 15.6 Å². The highest BCUT2D eigenvalue weighted by molar-refractivity contribution is 7.99. The number of hydrogen-bond donors (Lipinski definition) is 1. The van der Waals surface area contributed by atoms with Gasteiger partial charge in [0.05, 0.1) is 18.1 Å². The van der Waals surface area contributed by atoms with Crippen molar-refractivity contribution in [3.63, 3.8) is 0 Å². The van der Waals surface area contributed by atoms with Gasteiger partial charge in [0.1, 0.15) is 0 Å². The van der Waals surface area contributed by atoms with E-state index in [-0.39, 0.29) is 12.2 Å². The summed E-state index contributed by atoms with van der Waals surface area (Å²) in [5.74, 6) is -1.11. The average Bonchev–Trinajstić information content (AvgIpc) is 3.20. The fourth-order valence-corrected chi connectivity index (χ4v) is 4.04. The Hall–Kier alpha value is -3.32. The molecule has 0 spiro atoms. The van der Waals surface area contributed by atoms with Crippen molar-refractivity contribution in [1.82, 2.24) is 14.6 Å². The predicted molar refractivity (Wildman–Crippen MR) is 117 cm³/mol. The van der Waals surface area contributed by atoms with Crippen LogP contribution in [0.5, 0.6) is 0 Å². The number of benzene rings is 2. The number of esters is 1. The molecule has 7 heteroatoms. The monoisotopic (exact) mass is 419 g/mol. The summed E-state index contributed by atoms with van der Waals surface area (Å²) in [6.07, 6.45) is 3.22. The molecule has 0 fully saturated rings. The van der Waals surface area contributed by atoms with E-state index in [1.807, 2.05) is 42.5 Å². The van der Waals surface area contributed by atoms with E-state index in [0.29, 0.717) is 11.2 Å². The summed E-state index contributed by atoms with van der Waals surface area (Å²) in [5.41, 5.74) is 2.28. The molecule has 152 valence electrons.